The van der Waals surface area contributed by atoms with E-state index in [0.717, 1.165) is 5.56 Å². The van der Waals surface area contributed by atoms with E-state index in [4.69, 9.17) is 23.2 Å². The van der Waals surface area contributed by atoms with Crippen molar-refractivity contribution in [1.29, 1.82) is 0 Å². The number of halogens is 3. The highest BCUT2D eigenvalue weighted by Crippen LogP contribution is 2.24. The van der Waals surface area contributed by atoms with Gasteiger partial charge in [0.05, 0.1) is 16.5 Å². The third kappa shape index (κ3) is 6.09. The fourth-order valence-corrected chi connectivity index (χ4v) is 3.78. The molecule has 0 saturated carbocycles. The molecule has 0 radical (unpaired) electrons. The Hall–Kier alpha value is -2.89. The van der Waals surface area contributed by atoms with E-state index in [2.05, 4.69) is 5.32 Å². The molecule has 3 aromatic carbocycles. The first-order valence-electron chi connectivity index (χ1n) is 10.1. The molecular formula is C25H23Cl2FN2O2. The first-order chi connectivity index (χ1) is 15.4. The molecule has 3 rings (SSSR count). The quantitative estimate of drug-likeness (QED) is 0.497. The molecule has 166 valence electrons. The second-order valence-corrected chi connectivity index (χ2v) is 8.17. The van der Waals surface area contributed by atoms with Gasteiger partial charge in [0.1, 0.15) is 11.9 Å². The van der Waals surface area contributed by atoms with Crippen LogP contribution in [0.2, 0.25) is 10.0 Å². The molecule has 0 aromatic heterocycles. The maximum atomic E-state index is 14.2. The van der Waals surface area contributed by atoms with E-state index in [1.54, 1.807) is 36.4 Å². The maximum Gasteiger partial charge on any atom is 0.242 e. The number of rotatable bonds is 8. The van der Waals surface area contributed by atoms with Crippen LogP contribution in [0.5, 0.6) is 0 Å². The average Bonchev–Trinajstić information content (AvgIpc) is 2.80. The van der Waals surface area contributed by atoms with Crippen LogP contribution >= 0.6 is 23.2 Å². The lowest BCUT2D eigenvalue weighted by atomic mass is 10.0. The number of nitrogens with zero attached hydrogens (tertiary/aromatic N) is 1. The number of carbonyl (C=O) groups excluding carboxylic acids is 2. The van der Waals surface area contributed by atoms with E-state index in [1.165, 1.54) is 18.0 Å². The van der Waals surface area contributed by atoms with Crippen molar-refractivity contribution in [3.05, 3.63) is 105 Å². The van der Waals surface area contributed by atoms with Crippen molar-refractivity contribution < 1.29 is 14.0 Å². The first-order valence-corrected chi connectivity index (χ1v) is 10.9. The van der Waals surface area contributed by atoms with Crippen LogP contribution in [0.25, 0.3) is 0 Å². The Balaban J connectivity index is 1.97. The maximum absolute atomic E-state index is 14.2. The van der Waals surface area contributed by atoms with Crippen LogP contribution in [0.3, 0.4) is 0 Å². The number of carbonyl (C=O) groups is 2. The van der Waals surface area contributed by atoms with Crippen molar-refractivity contribution in [3.8, 4) is 0 Å². The van der Waals surface area contributed by atoms with Gasteiger partial charge in [0.2, 0.25) is 11.8 Å². The highest BCUT2D eigenvalue weighted by molar-refractivity contribution is 6.42. The highest BCUT2D eigenvalue weighted by Gasteiger charge is 2.30. The summed E-state index contributed by atoms with van der Waals surface area (Å²) >= 11 is 12.2. The summed E-state index contributed by atoms with van der Waals surface area (Å²) in [5, 5.41) is 3.40. The Morgan fingerprint density at radius 3 is 2.28 bits per heavy atom. The fraction of sp³-hybridized carbons (Fsp3) is 0.200. The molecule has 7 heteroatoms. The van der Waals surface area contributed by atoms with E-state index in [-0.39, 0.29) is 30.3 Å². The molecule has 0 fully saturated rings. The van der Waals surface area contributed by atoms with Crippen LogP contribution in [0.1, 0.15) is 16.7 Å². The van der Waals surface area contributed by atoms with Gasteiger partial charge in [0.25, 0.3) is 0 Å². The van der Waals surface area contributed by atoms with Crippen LogP contribution in [0, 0.1) is 5.82 Å². The van der Waals surface area contributed by atoms with Gasteiger partial charge in [-0.05, 0) is 34.9 Å². The predicted molar refractivity (Wildman–Crippen MR) is 125 cm³/mol. The topological polar surface area (TPSA) is 49.4 Å². The van der Waals surface area contributed by atoms with Crippen molar-refractivity contribution in [2.45, 2.75) is 25.4 Å². The van der Waals surface area contributed by atoms with Crippen molar-refractivity contribution in [2.24, 2.45) is 0 Å². The molecule has 4 nitrogen and oxygen atoms in total. The zero-order valence-corrected chi connectivity index (χ0v) is 19.0. The number of hydrogen-bond acceptors (Lipinski definition) is 2. The van der Waals surface area contributed by atoms with Crippen molar-refractivity contribution in [2.75, 3.05) is 7.05 Å². The second-order valence-electron chi connectivity index (χ2n) is 7.36. The summed E-state index contributed by atoms with van der Waals surface area (Å²) in [5.41, 5.74) is 1.88. The molecule has 0 aliphatic heterocycles. The fourth-order valence-electron chi connectivity index (χ4n) is 3.46. The third-order valence-corrected chi connectivity index (χ3v) is 5.89. The minimum Gasteiger partial charge on any atom is -0.357 e. The summed E-state index contributed by atoms with van der Waals surface area (Å²) in [7, 11) is 1.53. The van der Waals surface area contributed by atoms with Gasteiger partial charge >= 0.3 is 0 Å². The van der Waals surface area contributed by atoms with E-state index in [9.17, 15) is 14.0 Å². The molecule has 0 bridgehead atoms. The lowest BCUT2D eigenvalue weighted by Gasteiger charge is -2.31. The van der Waals surface area contributed by atoms with Gasteiger partial charge in [-0.25, -0.2) is 4.39 Å². The summed E-state index contributed by atoms with van der Waals surface area (Å²) in [6.45, 7) is 0.120. The second kappa shape index (κ2) is 11.1. The van der Waals surface area contributed by atoms with Gasteiger partial charge in [0, 0.05) is 20.0 Å². The van der Waals surface area contributed by atoms with Crippen molar-refractivity contribution in [1.82, 2.24) is 10.2 Å². The Kier molecular flexibility index (Phi) is 8.26. The summed E-state index contributed by atoms with van der Waals surface area (Å²) in [6.07, 6.45) is 0.140. The van der Waals surface area contributed by atoms with E-state index in [1.807, 2.05) is 30.3 Å². The van der Waals surface area contributed by atoms with E-state index >= 15 is 0 Å². The highest BCUT2D eigenvalue weighted by atomic mass is 35.5. The van der Waals surface area contributed by atoms with Gasteiger partial charge in [-0.3, -0.25) is 9.59 Å². The monoisotopic (exact) mass is 472 g/mol. The molecule has 32 heavy (non-hydrogen) atoms. The molecule has 0 unspecified atom stereocenters. The molecule has 1 N–H and O–H groups in total. The van der Waals surface area contributed by atoms with Gasteiger partial charge < -0.3 is 10.2 Å². The standard InChI is InChI=1S/C25H23Cl2FN2O2/c1-29-25(32)23(14-17-7-3-2-4-8-17)30(16-18-11-12-20(26)21(27)13-18)24(31)15-19-9-5-6-10-22(19)28/h2-13,23H,14-16H2,1H3,(H,29,32)/t23-/m0/s1. The Bertz CT molecular complexity index is 1090. The van der Waals surface area contributed by atoms with Gasteiger partial charge in [-0.1, -0.05) is 77.8 Å². The number of benzene rings is 3. The summed E-state index contributed by atoms with van der Waals surface area (Å²) in [6, 6.07) is 19.8. The summed E-state index contributed by atoms with van der Waals surface area (Å²) < 4.78 is 14.2. The van der Waals surface area contributed by atoms with Crippen LogP contribution in [-0.4, -0.2) is 29.8 Å². The molecule has 0 aliphatic carbocycles. The zero-order chi connectivity index (χ0) is 23.1. The van der Waals surface area contributed by atoms with E-state index in [0.29, 0.717) is 22.0 Å². The summed E-state index contributed by atoms with van der Waals surface area (Å²) in [5.74, 6) is -1.14. The summed E-state index contributed by atoms with van der Waals surface area (Å²) in [4.78, 5) is 27.7. The number of hydrogen-bond donors (Lipinski definition) is 1. The zero-order valence-electron chi connectivity index (χ0n) is 17.5. The number of likely N-dealkylation sites (N-methyl/N-ethyl adjacent to an activating group) is 1. The third-order valence-electron chi connectivity index (χ3n) is 5.15. The normalized spacial score (nSPS) is 11.6. The smallest absolute Gasteiger partial charge is 0.242 e. The van der Waals surface area contributed by atoms with Crippen LogP contribution < -0.4 is 5.32 Å². The van der Waals surface area contributed by atoms with Crippen molar-refractivity contribution >= 4 is 35.0 Å². The molecule has 0 heterocycles. The van der Waals surface area contributed by atoms with Gasteiger partial charge in [-0.15, -0.1) is 0 Å². The average molecular weight is 473 g/mol. The molecule has 1 atom stereocenters. The molecule has 3 aromatic rings. The van der Waals surface area contributed by atoms with Crippen LogP contribution in [0.4, 0.5) is 4.39 Å². The van der Waals surface area contributed by atoms with Gasteiger partial charge in [0.15, 0.2) is 0 Å². The minimum atomic E-state index is -0.795. The molecule has 2 amide bonds. The van der Waals surface area contributed by atoms with Crippen LogP contribution in [0.15, 0.2) is 72.8 Å². The van der Waals surface area contributed by atoms with E-state index < -0.39 is 11.9 Å². The number of amides is 2. The molecule has 0 aliphatic rings. The van der Waals surface area contributed by atoms with Crippen molar-refractivity contribution in [3.63, 3.8) is 0 Å². The Morgan fingerprint density at radius 2 is 1.62 bits per heavy atom. The molecule has 0 spiro atoms. The molecular weight excluding hydrogens is 450 g/mol. The van der Waals surface area contributed by atoms with Crippen LogP contribution in [-0.2, 0) is 29.0 Å². The Labute approximate surface area is 197 Å². The lowest BCUT2D eigenvalue weighted by Crippen LogP contribution is -2.50. The largest absolute Gasteiger partial charge is 0.357 e. The Morgan fingerprint density at radius 1 is 0.938 bits per heavy atom. The first kappa shape index (κ1) is 23.8. The minimum absolute atomic E-state index is 0.120. The molecule has 0 saturated heterocycles. The SMILES string of the molecule is CNC(=O)[C@H](Cc1ccccc1)N(Cc1ccc(Cl)c(Cl)c1)C(=O)Cc1ccccc1F. The van der Waals surface area contributed by atoms with Gasteiger partial charge in [-0.2, -0.15) is 0 Å². The predicted octanol–water partition coefficient (Wildman–Crippen LogP) is 5.06. The lowest BCUT2D eigenvalue weighted by molar-refractivity contribution is -0.140. The number of nitrogens with one attached hydrogen (secondary N) is 1.